The van der Waals surface area contributed by atoms with Gasteiger partial charge in [0, 0.05) is 10.1 Å². The second-order valence-electron chi connectivity index (χ2n) is 4.64. The van der Waals surface area contributed by atoms with Gasteiger partial charge < -0.3 is 0 Å². The molecule has 1 heterocycles. The van der Waals surface area contributed by atoms with Gasteiger partial charge in [-0.2, -0.15) is 0 Å². The molecule has 0 nitrogen and oxygen atoms in total. The Kier molecular flexibility index (Phi) is 2.99. The van der Waals surface area contributed by atoms with Gasteiger partial charge in [-0.1, -0.05) is 29.8 Å². The maximum atomic E-state index is 6.10. The highest BCUT2D eigenvalue weighted by atomic mass is 35.5. The Morgan fingerprint density at radius 1 is 1.31 bits per heavy atom. The summed E-state index contributed by atoms with van der Waals surface area (Å²) in [7, 11) is 0. The lowest BCUT2D eigenvalue weighted by Gasteiger charge is -2.08. The van der Waals surface area contributed by atoms with Gasteiger partial charge in [0.05, 0.1) is 5.38 Å². The fourth-order valence-electron chi connectivity index (χ4n) is 2.58. The van der Waals surface area contributed by atoms with Gasteiger partial charge in [-0.05, 0) is 37.3 Å². The Morgan fingerprint density at radius 2 is 2.19 bits per heavy atom. The van der Waals surface area contributed by atoms with Gasteiger partial charge in [0.2, 0.25) is 0 Å². The molecule has 0 N–H and O–H groups in total. The lowest BCUT2D eigenvalue weighted by Crippen LogP contribution is -2.01. The molecule has 0 saturated carbocycles. The molecule has 3 rings (SSSR count). The third-order valence-corrected chi connectivity index (χ3v) is 5.02. The van der Waals surface area contributed by atoms with Crippen molar-refractivity contribution in [2.45, 2.75) is 41.2 Å². The molecule has 16 heavy (non-hydrogen) atoms. The van der Waals surface area contributed by atoms with E-state index >= 15 is 0 Å². The average molecular weight is 251 g/mol. The van der Waals surface area contributed by atoms with Crippen LogP contribution in [0.3, 0.4) is 0 Å². The Morgan fingerprint density at radius 3 is 2.94 bits per heavy atom. The number of rotatable bonds is 2. The van der Waals surface area contributed by atoms with Crippen LogP contribution in [0.4, 0.5) is 0 Å². The molecule has 84 valence electrons. The van der Waals surface area contributed by atoms with Crippen LogP contribution in [0.15, 0.2) is 40.8 Å². The molecule has 2 aliphatic rings. The first kappa shape index (κ1) is 10.7. The van der Waals surface area contributed by atoms with E-state index in [0.29, 0.717) is 5.38 Å². The molecule has 0 aromatic heterocycles. The summed E-state index contributed by atoms with van der Waals surface area (Å²) in [5.74, 6) is 0. The van der Waals surface area contributed by atoms with E-state index in [1.165, 1.54) is 29.7 Å². The van der Waals surface area contributed by atoms with Crippen molar-refractivity contribution in [3.8, 4) is 0 Å². The predicted molar refractivity (Wildman–Crippen MR) is 71.4 cm³/mol. The van der Waals surface area contributed by atoms with Crippen LogP contribution < -0.4 is 0 Å². The second kappa shape index (κ2) is 4.46. The van der Waals surface area contributed by atoms with Crippen molar-refractivity contribution in [2.24, 2.45) is 0 Å². The van der Waals surface area contributed by atoms with E-state index in [9.17, 15) is 0 Å². The summed E-state index contributed by atoms with van der Waals surface area (Å²) in [4.78, 5) is 1.48. The molecule has 2 atom stereocenters. The van der Waals surface area contributed by atoms with E-state index in [0.717, 1.165) is 11.7 Å². The molecule has 1 aromatic carbocycles. The smallest absolute Gasteiger partial charge is 0.0521 e. The third kappa shape index (κ3) is 2.16. The van der Waals surface area contributed by atoms with Crippen molar-refractivity contribution in [1.29, 1.82) is 0 Å². The predicted octanol–water partition coefficient (Wildman–Crippen LogP) is 4.42. The van der Waals surface area contributed by atoms with E-state index in [-0.39, 0.29) is 0 Å². The van der Waals surface area contributed by atoms with Crippen molar-refractivity contribution in [1.82, 2.24) is 0 Å². The molecular weight excluding hydrogens is 236 g/mol. The molecule has 0 saturated heterocycles. The molecule has 1 aromatic rings. The molecule has 1 aliphatic heterocycles. The van der Waals surface area contributed by atoms with Gasteiger partial charge in [0.15, 0.2) is 0 Å². The average Bonchev–Trinajstić information content (AvgIpc) is 2.84. The number of alkyl halides is 1. The SMILES string of the molecule is ClC1C=C(CC2Cc3ccccc3S2)CC1. The number of benzene rings is 1. The van der Waals surface area contributed by atoms with E-state index < -0.39 is 0 Å². The van der Waals surface area contributed by atoms with Crippen molar-refractivity contribution in [3.05, 3.63) is 41.5 Å². The summed E-state index contributed by atoms with van der Waals surface area (Å²) in [5.41, 5.74) is 3.10. The standard InChI is InChI=1S/C14H15ClS/c15-12-6-5-10(7-12)8-13-9-11-3-1-2-4-14(11)16-13/h1-4,7,12-13H,5-6,8-9H2. The highest BCUT2D eigenvalue weighted by Crippen LogP contribution is 2.41. The molecule has 0 bridgehead atoms. The summed E-state index contributed by atoms with van der Waals surface area (Å²) in [6.45, 7) is 0. The lowest BCUT2D eigenvalue weighted by atomic mass is 10.0. The first-order valence-corrected chi connectivity index (χ1v) is 7.21. The fraction of sp³-hybridized carbons (Fsp3) is 0.429. The molecule has 2 heteroatoms. The molecule has 2 unspecified atom stereocenters. The molecule has 0 spiro atoms. The quantitative estimate of drug-likeness (QED) is 0.553. The summed E-state index contributed by atoms with van der Waals surface area (Å²) in [6, 6.07) is 8.78. The summed E-state index contributed by atoms with van der Waals surface area (Å²) >= 11 is 8.14. The summed E-state index contributed by atoms with van der Waals surface area (Å²) in [6.07, 6.45) is 7.07. The monoisotopic (exact) mass is 250 g/mol. The Balaban J connectivity index is 1.66. The maximum absolute atomic E-state index is 6.10. The second-order valence-corrected chi connectivity index (χ2v) is 6.54. The van der Waals surface area contributed by atoms with Crippen LogP contribution in [0.25, 0.3) is 0 Å². The van der Waals surface area contributed by atoms with Crippen molar-refractivity contribution < 1.29 is 0 Å². The zero-order valence-corrected chi connectivity index (χ0v) is 10.7. The summed E-state index contributed by atoms with van der Waals surface area (Å²) < 4.78 is 0. The van der Waals surface area contributed by atoms with Gasteiger partial charge >= 0.3 is 0 Å². The van der Waals surface area contributed by atoms with Crippen molar-refractivity contribution in [2.75, 3.05) is 0 Å². The lowest BCUT2D eigenvalue weighted by molar-refractivity contribution is 0.804. The van der Waals surface area contributed by atoms with Gasteiger partial charge in [-0.3, -0.25) is 0 Å². The van der Waals surface area contributed by atoms with E-state index in [1.54, 1.807) is 5.57 Å². The van der Waals surface area contributed by atoms with Crippen molar-refractivity contribution >= 4 is 23.4 Å². The van der Waals surface area contributed by atoms with E-state index in [2.05, 4.69) is 30.3 Å². The minimum absolute atomic E-state index is 0.295. The van der Waals surface area contributed by atoms with Gasteiger partial charge in [-0.25, -0.2) is 0 Å². The molecule has 0 radical (unpaired) electrons. The van der Waals surface area contributed by atoms with Crippen LogP contribution >= 0.6 is 23.4 Å². The van der Waals surface area contributed by atoms with Gasteiger partial charge in [0.1, 0.15) is 0 Å². The summed E-state index contributed by atoms with van der Waals surface area (Å²) in [5, 5.41) is 1.04. The molecule has 1 aliphatic carbocycles. The number of halogens is 1. The van der Waals surface area contributed by atoms with E-state index in [4.69, 9.17) is 11.6 Å². The molecular formula is C14H15ClS. The van der Waals surface area contributed by atoms with Crippen LogP contribution in [-0.4, -0.2) is 10.6 Å². The first-order chi connectivity index (χ1) is 7.81. The van der Waals surface area contributed by atoms with Crippen LogP contribution in [-0.2, 0) is 6.42 Å². The highest BCUT2D eigenvalue weighted by molar-refractivity contribution is 8.00. The molecule has 0 fully saturated rings. The van der Waals surface area contributed by atoms with Crippen molar-refractivity contribution in [3.63, 3.8) is 0 Å². The number of allylic oxidation sites excluding steroid dienone is 2. The number of hydrogen-bond donors (Lipinski definition) is 0. The zero-order chi connectivity index (χ0) is 11.0. The Hall–Kier alpha value is -0.400. The maximum Gasteiger partial charge on any atom is 0.0521 e. The van der Waals surface area contributed by atoms with Gasteiger partial charge in [-0.15, -0.1) is 23.4 Å². The fourth-order valence-corrected chi connectivity index (χ4v) is 4.24. The Bertz CT molecular complexity index is 399. The number of fused-ring (bicyclic) bond motifs is 1. The minimum atomic E-state index is 0.295. The van der Waals surface area contributed by atoms with E-state index in [1.807, 2.05) is 11.8 Å². The Labute approximate surface area is 106 Å². The zero-order valence-electron chi connectivity index (χ0n) is 9.16. The largest absolute Gasteiger partial charge is 0.122 e. The number of thioether (sulfide) groups is 1. The topological polar surface area (TPSA) is 0 Å². The minimum Gasteiger partial charge on any atom is -0.122 e. The molecule has 0 amide bonds. The van der Waals surface area contributed by atoms with Crippen LogP contribution in [0.1, 0.15) is 24.8 Å². The van der Waals surface area contributed by atoms with Crippen LogP contribution in [0.5, 0.6) is 0 Å². The number of hydrogen-bond acceptors (Lipinski definition) is 1. The van der Waals surface area contributed by atoms with Gasteiger partial charge in [0.25, 0.3) is 0 Å². The van der Waals surface area contributed by atoms with Crippen LogP contribution in [0.2, 0.25) is 0 Å². The third-order valence-electron chi connectivity index (χ3n) is 3.36. The normalized spacial score (nSPS) is 27.9. The van der Waals surface area contributed by atoms with Crippen LogP contribution in [0, 0.1) is 0 Å². The highest BCUT2D eigenvalue weighted by Gasteiger charge is 2.24. The first-order valence-electron chi connectivity index (χ1n) is 5.89.